The van der Waals surface area contributed by atoms with Gasteiger partial charge in [0.1, 0.15) is 0 Å². The summed E-state index contributed by atoms with van der Waals surface area (Å²) in [6, 6.07) is 0.151. The first kappa shape index (κ1) is 12.5. The van der Waals surface area contributed by atoms with Crippen LogP contribution in [0, 0.1) is 0 Å². The summed E-state index contributed by atoms with van der Waals surface area (Å²) in [5, 5.41) is 3.95. The summed E-state index contributed by atoms with van der Waals surface area (Å²) >= 11 is 0. The fourth-order valence-corrected chi connectivity index (χ4v) is 1.04. The molecule has 0 aliphatic rings. The van der Waals surface area contributed by atoms with Crippen LogP contribution in [0.5, 0.6) is 5.75 Å². The monoisotopic (exact) mass is 230 g/mol. The van der Waals surface area contributed by atoms with Crippen molar-refractivity contribution in [3.05, 3.63) is 12.4 Å². The Morgan fingerprint density at radius 1 is 1.62 bits per heavy atom. The van der Waals surface area contributed by atoms with Crippen LogP contribution in [-0.4, -0.2) is 28.7 Å². The predicted octanol–water partition coefficient (Wildman–Crippen LogP) is 1.70. The second-order valence-corrected chi connectivity index (χ2v) is 3.44. The minimum Gasteiger partial charge on any atom is -0.461 e. The van der Waals surface area contributed by atoms with E-state index in [4.69, 9.17) is 4.74 Å². The highest BCUT2D eigenvalue weighted by molar-refractivity contribution is 5.73. The number of halogens is 1. The molecule has 90 valence electrons. The van der Waals surface area contributed by atoms with Crippen molar-refractivity contribution in [3.8, 4) is 5.75 Å². The van der Waals surface area contributed by atoms with E-state index in [0.717, 1.165) is 0 Å². The molecule has 0 bridgehead atoms. The second kappa shape index (κ2) is 5.48. The average molecular weight is 230 g/mol. The maximum absolute atomic E-state index is 13.1. The first-order valence-corrected chi connectivity index (χ1v) is 5.06. The van der Waals surface area contributed by atoms with E-state index >= 15 is 0 Å². The molecule has 1 aromatic rings. The first-order chi connectivity index (χ1) is 7.54. The van der Waals surface area contributed by atoms with Crippen molar-refractivity contribution < 1.29 is 18.7 Å². The van der Waals surface area contributed by atoms with Gasteiger partial charge in [0, 0.05) is 6.04 Å². The summed E-state index contributed by atoms with van der Waals surface area (Å²) in [5.74, 6) is -0.825. The van der Waals surface area contributed by atoms with Crippen molar-refractivity contribution in [2.75, 3.05) is 6.61 Å². The van der Waals surface area contributed by atoms with Crippen molar-refractivity contribution in [3.63, 3.8) is 0 Å². The van der Waals surface area contributed by atoms with E-state index in [2.05, 4.69) is 9.84 Å². The molecule has 1 aromatic heterocycles. The Kier molecular flexibility index (Phi) is 4.28. The maximum atomic E-state index is 13.1. The molecule has 0 aliphatic heterocycles. The topological polar surface area (TPSA) is 53.4 Å². The Hall–Kier alpha value is -1.59. The highest BCUT2D eigenvalue weighted by Gasteiger charge is 2.21. The molecular weight excluding hydrogens is 215 g/mol. The van der Waals surface area contributed by atoms with Crippen LogP contribution in [0.4, 0.5) is 4.39 Å². The molecule has 1 heterocycles. The van der Waals surface area contributed by atoms with Crippen molar-refractivity contribution in [2.45, 2.75) is 33.2 Å². The summed E-state index contributed by atoms with van der Waals surface area (Å²) in [5.41, 5.74) is 0. The Labute approximate surface area is 93.1 Å². The largest absolute Gasteiger partial charge is 0.461 e. The SMILES string of the molecule is CCOC(=O)C(F)Oc1cnn(C(C)C)c1. The van der Waals surface area contributed by atoms with Gasteiger partial charge in [0.05, 0.1) is 19.0 Å². The van der Waals surface area contributed by atoms with Gasteiger partial charge in [-0.1, -0.05) is 0 Å². The highest BCUT2D eigenvalue weighted by atomic mass is 19.1. The molecule has 0 aliphatic carbocycles. The smallest absolute Gasteiger partial charge is 0.381 e. The number of nitrogens with zero attached hydrogens (tertiary/aromatic N) is 2. The number of carbonyl (C=O) groups is 1. The van der Waals surface area contributed by atoms with E-state index in [1.165, 1.54) is 12.4 Å². The van der Waals surface area contributed by atoms with E-state index in [1.54, 1.807) is 11.6 Å². The van der Waals surface area contributed by atoms with Crippen molar-refractivity contribution >= 4 is 5.97 Å². The molecule has 5 nitrogen and oxygen atoms in total. The molecule has 0 spiro atoms. The Morgan fingerprint density at radius 2 is 2.31 bits per heavy atom. The number of hydrogen-bond acceptors (Lipinski definition) is 4. The first-order valence-electron chi connectivity index (χ1n) is 5.06. The Balaban J connectivity index is 2.55. The van der Waals surface area contributed by atoms with Crippen LogP contribution in [0.2, 0.25) is 0 Å². The van der Waals surface area contributed by atoms with Gasteiger partial charge in [-0.15, -0.1) is 0 Å². The third kappa shape index (κ3) is 3.22. The van der Waals surface area contributed by atoms with E-state index in [-0.39, 0.29) is 18.4 Å². The van der Waals surface area contributed by atoms with Gasteiger partial charge in [-0.2, -0.15) is 9.49 Å². The predicted molar refractivity (Wildman–Crippen MR) is 54.8 cm³/mol. The molecule has 1 rings (SSSR count). The van der Waals surface area contributed by atoms with Gasteiger partial charge in [0.15, 0.2) is 5.75 Å². The second-order valence-electron chi connectivity index (χ2n) is 3.44. The molecule has 0 saturated heterocycles. The molecule has 0 amide bonds. The lowest BCUT2D eigenvalue weighted by atomic mass is 10.4. The average Bonchev–Trinajstić information content (AvgIpc) is 2.66. The number of ether oxygens (including phenoxy) is 2. The number of hydrogen-bond donors (Lipinski definition) is 0. The van der Waals surface area contributed by atoms with Gasteiger partial charge in [0.2, 0.25) is 0 Å². The zero-order valence-corrected chi connectivity index (χ0v) is 9.51. The van der Waals surface area contributed by atoms with Gasteiger partial charge in [-0.05, 0) is 20.8 Å². The minimum absolute atomic E-state index is 0.119. The van der Waals surface area contributed by atoms with Gasteiger partial charge >= 0.3 is 12.3 Å². The van der Waals surface area contributed by atoms with Crippen LogP contribution in [0.1, 0.15) is 26.8 Å². The zero-order valence-electron chi connectivity index (χ0n) is 9.51. The molecule has 0 fully saturated rings. The lowest BCUT2D eigenvalue weighted by Crippen LogP contribution is -2.24. The van der Waals surface area contributed by atoms with E-state index in [0.29, 0.717) is 0 Å². The molecule has 1 unspecified atom stereocenters. The number of rotatable bonds is 5. The molecular formula is C10H15FN2O3. The van der Waals surface area contributed by atoms with Gasteiger partial charge in [-0.25, -0.2) is 4.79 Å². The summed E-state index contributed by atoms with van der Waals surface area (Å²) < 4.78 is 23.9. The van der Waals surface area contributed by atoms with Crippen molar-refractivity contribution in [1.29, 1.82) is 0 Å². The van der Waals surface area contributed by atoms with E-state index < -0.39 is 12.3 Å². The summed E-state index contributed by atoms with van der Waals surface area (Å²) in [4.78, 5) is 10.9. The zero-order chi connectivity index (χ0) is 12.1. The fraction of sp³-hybridized carbons (Fsp3) is 0.600. The third-order valence-electron chi connectivity index (χ3n) is 1.82. The molecule has 6 heteroatoms. The van der Waals surface area contributed by atoms with Crippen LogP contribution in [0.15, 0.2) is 12.4 Å². The number of esters is 1. The number of carbonyl (C=O) groups excluding carboxylic acids is 1. The third-order valence-corrected chi connectivity index (χ3v) is 1.82. The van der Waals surface area contributed by atoms with Crippen LogP contribution in [0.3, 0.4) is 0 Å². The molecule has 0 radical (unpaired) electrons. The normalized spacial score (nSPS) is 12.6. The Morgan fingerprint density at radius 3 is 2.81 bits per heavy atom. The maximum Gasteiger partial charge on any atom is 0.381 e. The fourth-order valence-electron chi connectivity index (χ4n) is 1.04. The van der Waals surface area contributed by atoms with Gasteiger partial charge in [-0.3, -0.25) is 4.68 Å². The Bertz CT molecular complexity index is 352. The molecule has 0 saturated carbocycles. The standard InChI is InChI=1S/C10H15FN2O3/c1-4-15-10(14)9(11)16-8-5-12-13(6-8)7(2)3/h5-7,9H,4H2,1-3H3. The van der Waals surface area contributed by atoms with Crippen LogP contribution >= 0.6 is 0 Å². The lowest BCUT2D eigenvalue weighted by molar-refractivity contribution is -0.159. The minimum atomic E-state index is -2.11. The molecule has 16 heavy (non-hydrogen) atoms. The van der Waals surface area contributed by atoms with E-state index in [9.17, 15) is 9.18 Å². The molecule has 0 aromatic carbocycles. The van der Waals surface area contributed by atoms with Crippen LogP contribution in [-0.2, 0) is 9.53 Å². The quantitative estimate of drug-likeness (QED) is 0.722. The van der Waals surface area contributed by atoms with Crippen LogP contribution < -0.4 is 4.74 Å². The van der Waals surface area contributed by atoms with Crippen molar-refractivity contribution in [2.24, 2.45) is 0 Å². The van der Waals surface area contributed by atoms with Gasteiger partial charge in [0.25, 0.3) is 0 Å². The highest BCUT2D eigenvalue weighted by Crippen LogP contribution is 2.14. The summed E-state index contributed by atoms with van der Waals surface area (Å²) in [6.45, 7) is 5.57. The number of aromatic nitrogens is 2. The lowest BCUT2D eigenvalue weighted by Gasteiger charge is -2.08. The summed E-state index contributed by atoms with van der Waals surface area (Å²) in [6.07, 6.45) is 0.771. The van der Waals surface area contributed by atoms with E-state index in [1.807, 2.05) is 13.8 Å². The molecule has 0 N–H and O–H groups in total. The van der Waals surface area contributed by atoms with Crippen LogP contribution in [0.25, 0.3) is 0 Å². The summed E-state index contributed by atoms with van der Waals surface area (Å²) in [7, 11) is 0. The molecule has 1 atom stereocenters. The number of alkyl halides is 1. The van der Waals surface area contributed by atoms with Crippen molar-refractivity contribution in [1.82, 2.24) is 9.78 Å². The van der Waals surface area contributed by atoms with Gasteiger partial charge < -0.3 is 9.47 Å².